The molecule has 2 aromatic carbocycles. The quantitative estimate of drug-likeness (QED) is 0.598. The lowest BCUT2D eigenvalue weighted by Crippen LogP contribution is -2.53. The number of morpholine rings is 1. The smallest absolute Gasteiger partial charge is 0.264 e. The molecule has 0 aromatic heterocycles. The Morgan fingerprint density at radius 3 is 2.65 bits per heavy atom. The van der Waals surface area contributed by atoms with Gasteiger partial charge in [-0.3, -0.25) is 9.10 Å². The van der Waals surface area contributed by atoms with Crippen LogP contribution in [-0.4, -0.2) is 50.6 Å². The Balaban J connectivity index is 1.96. The van der Waals surface area contributed by atoms with E-state index in [0.29, 0.717) is 29.4 Å². The van der Waals surface area contributed by atoms with E-state index < -0.39 is 15.6 Å². The number of amides is 1. The molecule has 8 heteroatoms. The highest BCUT2D eigenvalue weighted by atomic mass is 35.5. The average Bonchev–Trinajstić information content (AvgIpc) is 2.70. The molecule has 3 rings (SSSR count). The second-order valence-electron chi connectivity index (χ2n) is 8.18. The zero-order valence-electron chi connectivity index (χ0n) is 17.9. The van der Waals surface area contributed by atoms with Crippen LogP contribution in [0.5, 0.6) is 0 Å². The molecule has 0 radical (unpaired) electrons. The highest BCUT2D eigenvalue weighted by Crippen LogP contribution is 2.31. The van der Waals surface area contributed by atoms with Crippen molar-refractivity contribution < 1.29 is 17.9 Å². The van der Waals surface area contributed by atoms with Crippen molar-refractivity contribution in [2.24, 2.45) is 0 Å². The van der Waals surface area contributed by atoms with Crippen LogP contribution in [0, 0.1) is 0 Å². The fourth-order valence-electron chi connectivity index (χ4n) is 3.81. The van der Waals surface area contributed by atoms with Gasteiger partial charge >= 0.3 is 0 Å². The van der Waals surface area contributed by atoms with Crippen molar-refractivity contribution in [3.05, 3.63) is 71.8 Å². The van der Waals surface area contributed by atoms with E-state index in [0.717, 1.165) is 0 Å². The first kappa shape index (κ1) is 23.3. The van der Waals surface area contributed by atoms with E-state index in [4.69, 9.17) is 16.3 Å². The summed E-state index contributed by atoms with van der Waals surface area (Å²) in [7, 11) is -3.98. The first-order chi connectivity index (χ1) is 14.5. The summed E-state index contributed by atoms with van der Waals surface area (Å²) in [6.45, 7) is 10.4. The van der Waals surface area contributed by atoms with Crippen LogP contribution < -0.4 is 4.31 Å². The normalized spacial score (nSPS) is 18.5. The van der Waals surface area contributed by atoms with Gasteiger partial charge in [0.05, 0.1) is 33.9 Å². The van der Waals surface area contributed by atoms with Crippen molar-refractivity contribution in [1.29, 1.82) is 0 Å². The Morgan fingerprint density at radius 2 is 2.00 bits per heavy atom. The van der Waals surface area contributed by atoms with E-state index in [1.807, 2.05) is 20.8 Å². The van der Waals surface area contributed by atoms with E-state index >= 15 is 0 Å². The molecule has 0 bridgehead atoms. The number of hydrogen-bond donors (Lipinski definition) is 0. The molecule has 1 amide bonds. The molecule has 1 fully saturated rings. The molecule has 6 nitrogen and oxygen atoms in total. The number of benzene rings is 2. The standard InChI is InChI=1S/C23H27ClN2O4S/c1-5-13-26(21-12-7-6-11-20(21)24)31(28,29)19-10-8-9-18(14-19)22(27)25-15-17(2)30-23(3,4)16-25/h5-12,14,17H,1,13,15-16H2,2-4H3. The van der Waals surface area contributed by atoms with E-state index in [1.54, 1.807) is 41.3 Å². The van der Waals surface area contributed by atoms with Gasteiger partial charge in [0.25, 0.3) is 15.9 Å². The highest BCUT2D eigenvalue weighted by molar-refractivity contribution is 7.92. The van der Waals surface area contributed by atoms with Gasteiger partial charge in [0.15, 0.2) is 0 Å². The fourth-order valence-corrected chi connectivity index (χ4v) is 5.59. The number of halogens is 1. The molecule has 1 atom stereocenters. The van der Waals surface area contributed by atoms with Gasteiger partial charge < -0.3 is 9.64 Å². The van der Waals surface area contributed by atoms with Gasteiger partial charge in [0.1, 0.15) is 0 Å². The maximum atomic E-state index is 13.5. The Hall–Kier alpha value is -2.35. The van der Waals surface area contributed by atoms with E-state index in [2.05, 4.69) is 6.58 Å². The number of rotatable bonds is 6. The zero-order chi connectivity index (χ0) is 22.8. The van der Waals surface area contributed by atoms with Crippen molar-refractivity contribution in [2.75, 3.05) is 23.9 Å². The lowest BCUT2D eigenvalue weighted by Gasteiger charge is -2.41. The number of sulfonamides is 1. The van der Waals surface area contributed by atoms with Crippen LogP contribution in [0.25, 0.3) is 0 Å². The molecule has 0 aliphatic carbocycles. The third-order valence-electron chi connectivity index (χ3n) is 4.94. The molecule has 0 N–H and O–H groups in total. The van der Waals surface area contributed by atoms with E-state index in [9.17, 15) is 13.2 Å². The Labute approximate surface area is 189 Å². The SMILES string of the molecule is C=CCN(c1ccccc1Cl)S(=O)(=O)c1cccc(C(=O)N2CC(C)OC(C)(C)C2)c1. The van der Waals surface area contributed by atoms with E-state index in [1.165, 1.54) is 22.5 Å². The summed E-state index contributed by atoms with van der Waals surface area (Å²) in [4.78, 5) is 14.9. The molecule has 1 aliphatic heterocycles. The molecule has 166 valence electrons. The van der Waals surface area contributed by atoms with Crippen molar-refractivity contribution in [1.82, 2.24) is 4.90 Å². The second-order valence-corrected chi connectivity index (χ2v) is 10.4. The van der Waals surface area contributed by atoms with Gasteiger partial charge in [0.2, 0.25) is 0 Å². The number of carbonyl (C=O) groups is 1. The van der Waals surface area contributed by atoms with E-state index in [-0.39, 0.29) is 23.5 Å². The molecule has 2 aromatic rings. The summed E-state index contributed by atoms with van der Waals surface area (Å²) < 4.78 is 34.0. The molecule has 0 spiro atoms. The molecule has 31 heavy (non-hydrogen) atoms. The van der Waals surface area contributed by atoms with Crippen LogP contribution in [-0.2, 0) is 14.8 Å². The number of nitrogens with zero attached hydrogens (tertiary/aromatic N) is 2. The summed E-state index contributed by atoms with van der Waals surface area (Å²) in [5, 5.41) is 0.310. The lowest BCUT2D eigenvalue weighted by molar-refractivity contribution is -0.118. The first-order valence-corrected chi connectivity index (χ1v) is 11.8. The number of hydrogen-bond acceptors (Lipinski definition) is 4. The number of anilines is 1. The van der Waals surface area contributed by atoms with Gasteiger partial charge in [-0.1, -0.05) is 35.9 Å². The second kappa shape index (κ2) is 9.02. The van der Waals surface area contributed by atoms with Crippen molar-refractivity contribution in [3.8, 4) is 0 Å². The number of carbonyl (C=O) groups excluding carboxylic acids is 1. The minimum absolute atomic E-state index is 0.0145. The van der Waals surface area contributed by atoms with Gasteiger partial charge in [-0.2, -0.15) is 0 Å². The van der Waals surface area contributed by atoms with Crippen molar-refractivity contribution in [3.63, 3.8) is 0 Å². The minimum Gasteiger partial charge on any atom is -0.369 e. The molecule has 1 saturated heterocycles. The lowest BCUT2D eigenvalue weighted by atomic mass is 10.0. The Kier molecular flexibility index (Phi) is 6.79. The summed E-state index contributed by atoms with van der Waals surface area (Å²) in [6.07, 6.45) is 1.38. The van der Waals surface area contributed by atoms with Gasteiger partial charge in [-0.25, -0.2) is 8.42 Å². The summed E-state index contributed by atoms with van der Waals surface area (Å²) in [6, 6.07) is 12.8. The predicted octanol–water partition coefficient (Wildman–Crippen LogP) is 4.36. The fraction of sp³-hybridized carbons (Fsp3) is 0.348. The maximum absolute atomic E-state index is 13.5. The first-order valence-electron chi connectivity index (χ1n) is 10.0. The Bertz CT molecular complexity index is 1080. The van der Waals surface area contributed by atoms with Crippen LogP contribution in [0.4, 0.5) is 5.69 Å². The van der Waals surface area contributed by atoms with Crippen LogP contribution >= 0.6 is 11.6 Å². The Morgan fingerprint density at radius 1 is 1.29 bits per heavy atom. The van der Waals surface area contributed by atoms with Gasteiger partial charge in [-0.05, 0) is 51.1 Å². The summed E-state index contributed by atoms with van der Waals surface area (Å²) in [5.74, 6) is -0.228. The monoisotopic (exact) mass is 462 g/mol. The largest absolute Gasteiger partial charge is 0.369 e. The molecule has 1 unspecified atom stereocenters. The topological polar surface area (TPSA) is 66.9 Å². The predicted molar refractivity (Wildman–Crippen MR) is 123 cm³/mol. The maximum Gasteiger partial charge on any atom is 0.264 e. The third kappa shape index (κ3) is 5.11. The van der Waals surface area contributed by atoms with Crippen molar-refractivity contribution >= 4 is 33.2 Å². The highest BCUT2D eigenvalue weighted by Gasteiger charge is 2.34. The molecular weight excluding hydrogens is 436 g/mol. The van der Waals surface area contributed by atoms with Crippen LogP contribution in [0.3, 0.4) is 0 Å². The molecule has 0 saturated carbocycles. The van der Waals surface area contributed by atoms with Crippen LogP contribution in [0.2, 0.25) is 5.02 Å². The third-order valence-corrected chi connectivity index (χ3v) is 7.04. The number of para-hydroxylation sites is 1. The van der Waals surface area contributed by atoms with Crippen LogP contribution in [0.15, 0.2) is 66.1 Å². The molecule has 1 aliphatic rings. The molecule has 1 heterocycles. The zero-order valence-corrected chi connectivity index (χ0v) is 19.5. The number of ether oxygens (including phenoxy) is 1. The van der Waals surface area contributed by atoms with Crippen molar-refractivity contribution in [2.45, 2.75) is 37.4 Å². The summed E-state index contributed by atoms with van der Waals surface area (Å²) in [5.41, 5.74) is 0.190. The minimum atomic E-state index is -3.98. The van der Waals surface area contributed by atoms with Crippen LogP contribution in [0.1, 0.15) is 31.1 Å². The van der Waals surface area contributed by atoms with Gasteiger partial charge in [0, 0.05) is 18.7 Å². The average molecular weight is 463 g/mol. The molecular formula is C23H27ClN2O4S. The summed E-state index contributed by atoms with van der Waals surface area (Å²) >= 11 is 6.26. The van der Waals surface area contributed by atoms with Gasteiger partial charge in [-0.15, -0.1) is 6.58 Å².